The summed E-state index contributed by atoms with van der Waals surface area (Å²) >= 11 is 0. The summed E-state index contributed by atoms with van der Waals surface area (Å²) in [5.41, 5.74) is 1.08. The molecule has 0 aromatic heterocycles. The quantitative estimate of drug-likeness (QED) is 0.552. The lowest BCUT2D eigenvalue weighted by Crippen LogP contribution is -2.33. The molecule has 0 saturated heterocycles. The van der Waals surface area contributed by atoms with E-state index in [1.54, 1.807) is 48.5 Å². The van der Waals surface area contributed by atoms with E-state index in [0.717, 1.165) is 4.90 Å². The van der Waals surface area contributed by atoms with Crippen LogP contribution in [0.5, 0.6) is 11.5 Å². The summed E-state index contributed by atoms with van der Waals surface area (Å²) in [7, 11) is 1.54. The van der Waals surface area contributed by atoms with Crippen LogP contribution in [0, 0.1) is 5.82 Å². The number of nitrogens with zero attached hydrogens (tertiary/aromatic N) is 1. The summed E-state index contributed by atoms with van der Waals surface area (Å²) < 4.78 is 25.3. The summed E-state index contributed by atoms with van der Waals surface area (Å²) in [6, 6.07) is 19.5. The number of hydrogen-bond acceptors (Lipinski definition) is 5. The Morgan fingerprint density at radius 2 is 1.59 bits per heavy atom. The van der Waals surface area contributed by atoms with Crippen LogP contribution < -0.4 is 19.7 Å². The molecular weight excluding hydrogens is 411 g/mol. The molecule has 0 radical (unpaired) electrons. The van der Waals surface area contributed by atoms with Crippen molar-refractivity contribution < 1.29 is 23.5 Å². The van der Waals surface area contributed by atoms with E-state index in [0.29, 0.717) is 29.4 Å². The third-order valence-electron chi connectivity index (χ3n) is 5.00. The number of halogens is 1. The minimum atomic E-state index is -0.667. The highest BCUT2D eigenvalue weighted by molar-refractivity contribution is 6.46. The van der Waals surface area contributed by atoms with E-state index in [1.807, 2.05) is 13.0 Å². The predicted octanol–water partition coefficient (Wildman–Crippen LogP) is 4.63. The van der Waals surface area contributed by atoms with E-state index in [-0.39, 0.29) is 17.0 Å². The summed E-state index contributed by atoms with van der Waals surface area (Å²) in [6.07, 6.45) is 0. The van der Waals surface area contributed by atoms with Crippen molar-refractivity contribution in [3.05, 3.63) is 89.9 Å². The maximum Gasteiger partial charge on any atom is 0.282 e. The molecule has 0 unspecified atom stereocenters. The Balaban J connectivity index is 1.84. The van der Waals surface area contributed by atoms with E-state index in [9.17, 15) is 14.0 Å². The van der Waals surface area contributed by atoms with Crippen LogP contribution in [-0.2, 0) is 9.59 Å². The first kappa shape index (κ1) is 21.1. The van der Waals surface area contributed by atoms with Crippen LogP contribution in [0.4, 0.5) is 15.8 Å². The third kappa shape index (κ3) is 3.80. The van der Waals surface area contributed by atoms with Gasteiger partial charge in [0.05, 0.1) is 30.7 Å². The normalized spacial score (nSPS) is 13.5. The SMILES string of the molecule is CCOc1ccccc1NC1=C(c2ccc(OC)cc2)C(=O)N(c2ccccc2F)C1=O. The number of amides is 2. The van der Waals surface area contributed by atoms with Gasteiger partial charge < -0.3 is 14.8 Å². The highest BCUT2D eigenvalue weighted by Crippen LogP contribution is 2.36. The first-order valence-electron chi connectivity index (χ1n) is 10.1. The Bertz CT molecular complexity index is 1200. The van der Waals surface area contributed by atoms with Crippen molar-refractivity contribution in [1.29, 1.82) is 0 Å². The van der Waals surface area contributed by atoms with Crippen LogP contribution in [0.2, 0.25) is 0 Å². The first-order valence-corrected chi connectivity index (χ1v) is 10.1. The molecule has 7 heteroatoms. The van der Waals surface area contributed by atoms with Gasteiger partial charge in [0, 0.05) is 0 Å². The Morgan fingerprint density at radius 3 is 2.28 bits per heavy atom. The molecule has 1 N–H and O–H groups in total. The number of rotatable bonds is 7. The number of para-hydroxylation sites is 3. The van der Waals surface area contributed by atoms with Gasteiger partial charge in [-0.3, -0.25) is 9.59 Å². The lowest BCUT2D eigenvalue weighted by atomic mass is 10.0. The lowest BCUT2D eigenvalue weighted by molar-refractivity contribution is -0.120. The summed E-state index contributed by atoms with van der Waals surface area (Å²) in [4.78, 5) is 27.7. The van der Waals surface area contributed by atoms with Gasteiger partial charge in [-0.05, 0) is 48.9 Å². The Hall–Kier alpha value is -4.13. The highest BCUT2D eigenvalue weighted by atomic mass is 19.1. The Morgan fingerprint density at radius 1 is 0.906 bits per heavy atom. The molecule has 4 rings (SSSR count). The van der Waals surface area contributed by atoms with Gasteiger partial charge in [-0.1, -0.05) is 36.4 Å². The van der Waals surface area contributed by atoms with Crippen molar-refractivity contribution in [3.8, 4) is 11.5 Å². The van der Waals surface area contributed by atoms with Gasteiger partial charge in [0.2, 0.25) is 0 Å². The van der Waals surface area contributed by atoms with Gasteiger partial charge in [0.1, 0.15) is 23.0 Å². The van der Waals surface area contributed by atoms with Gasteiger partial charge in [-0.25, -0.2) is 9.29 Å². The number of ether oxygens (including phenoxy) is 2. The van der Waals surface area contributed by atoms with E-state index in [4.69, 9.17) is 9.47 Å². The summed E-state index contributed by atoms with van der Waals surface area (Å²) in [5, 5.41) is 3.06. The largest absolute Gasteiger partial charge is 0.497 e. The van der Waals surface area contributed by atoms with Crippen molar-refractivity contribution in [2.75, 3.05) is 23.9 Å². The predicted molar refractivity (Wildman–Crippen MR) is 120 cm³/mol. The molecule has 0 fully saturated rings. The zero-order chi connectivity index (χ0) is 22.7. The van der Waals surface area contributed by atoms with Crippen molar-refractivity contribution in [1.82, 2.24) is 0 Å². The van der Waals surface area contributed by atoms with Gasteiger partial charge in [-0.2, -0.15) is 0 Å². The molecule has 0 bridgehead atoms. The second-order valence-corrected chi connectivity index (χ2v) is 6.93. The number of hydrogen-bond donors (Lipinski definition) is 1. The Kier molecular flexibility index (Phi) is 5.89. The molecule has 1 heterocycles. The van der Waals surface area contributed by atoms with Crippen LogP contribution in [-0.4, -0.2) is 25.5 Å². The molecular formula is C25H21FN2O4. The van der Waals surface area contributed by atoms with Gasteiger partial charge in [0.15, 0.2) is 0 Å². The number of carbonyl (C=O) groups excluding carboxylic acids is 2. The lowest BCUT2D eigenvalue weighted by Gasteiger charge is -2.16. The number of benzene rings is 3. The first-order chi connectivity index (χ1) is 15.5. The van der Waals surface area contributed by atoms with E-state index in [1.165, 1.54) is 25.3 Å². The maximum absolute atomic E-state index is 14.5. The highest BCUT2D eigenvalue weighted by Gasteiger charge is 2.41. The number of carbonyl (C=O) groups is 2. The third-order valence-corrected chi connectivity index (χ3v) is 5.00. The average Bonchev–Trinajstić information content (AvgIpc) is 3.05. The smallest absolute Gasteiger partial charge is 0.282 e. The van der Waals surface area contributed by atoms with Crippen LogP contribution in [0.25, 0.3) is 5.57 Å². The number of anilines is 2. The zero-order valence-electron chi connectivity index (χ0n) is 17.6. The van der Waals surface area contributed by atoms with Crippen molar-refractivity contribution >= 4 is 28.8 Å². The average molecular weight is 432 g/mol. The molecule has 0 atom stereocenters. The topological polar surface area (TPSA) is 67.9 Å². The van der Waals surface area contributed by atoms with Crippen LogP contribution in [0.3, 0.4) is 0 Å². The second kappa shape index (κ2) is 8.93. The molecule has 6 nitrogen and oxygen atoms in total. The van der Waals surface area contributed by atoms with Gasteiger partial charge in [-0.15, -0.1) is 0 Å². The molecule has 3 aromatic carbocycles. The van der Waals surface area contributed by atoms with Crippen LogP contribution >= 0.6 is 0 Å². The number of nitrogens with one attached hydrogen (secondary N) is 1. The van der Waals surface area contributed by atoms with Crippen LogP contribution in [0.15, 0.2) is 78.5 Å². The molecule has 1 aliphatic rings. The standard InChI is InChI=1S/C25H21FN2O4/c1-3-32-21-11-7-5-9-19(21)27-23-22(16-12-14-17(31-2)15-13-16)24(29)28(25(23)30)20-10-6-4-8-18(20)26/h4-15,27H,3H2,1-2H3. The molecule has 0 saturated carbocycles. The van der Waals surface area contributed by atoms with Crippen molar-refractivity contribution in [3.63, 3.8) is 0 Å². The van der Waals surface area contributed by atoms with Gasteiger partial charge >= 0.3 is 0 Å². The fraction of sp³-hybridized carbons (Fsp3) is 0.120. The number of imide groups is 1. The molecule has 3 aromatic rings. The monoisotopic (exact) mass is 432 g/mol. The van der Waals surface area contributed by atoms with Crippen molar-refractivity contribution in [2.24, 2.45) is 0 Å². The van der Waals surface area contributed by atoms with Gasteiger partial charge in [0.25, 0.3) is 11.8 Å². The molecule has 1 aliphatic heterocycles. The van der Waals surface area contributed by atoms with E-state index in [2.05, 4.69) is 5.32 Å². The van der Waals surface area contributed by atoms with Crippen LogP contribution in [0.1, 0.15) is 12.5 Å². The minimum absolute atomic E-state index is 0.0376. The van der Waals surface area contributed by atoms with E-state index >= 15 is 0 Å². The fourth-order valence-corrected chi connectivity index (χ4v) is 3.51. The Labute approximate surface area is 184 Å². The molecule has 162 valence electrons. The zero-order valence-corrected chi connectivity index (χ0v) is 17.6. The summed E-state index contributed by atoms with van der Waals surface area (Å²) in [6.45, 7) is 2.28. The molecule has 2 amide bonds. The molecule has 32 heavy (non-hydrogen) atoms. The number of methoxy groups -OCH3 is 1. The minimum Gasteiger partial charge on any atom is -0.497 e. The second-order valence-electron chi connectivity index (χ2n) is 6.93. The maximum atomic E-state index is 14.5. The van der Waals surface area contributed by atoms with Crippen molar-refractivity contribution in [2.45, 2.75) is 6.92 Å². The molecule has 0 aliphatic carbocycles. The van der Waals surface area contributed by atoms with E-state index < -0.39 is 17.6 Å². The summed E-state index contributed by atoms with van der Waals surface area (Å²) in [5.74, 6) is -0.812. The molecule has 0 spiro atoms. The fourth-order valence-electron chi connectivity index (χ4n) is 3.51.